The minimum absolute atomic E-state index is 0.107. The van der Waals surface area contributed by atoms with Crippen molar-refractivity contribution in [3.63, 3.8) is 0 Å². The number of piperazine rings is 1. The van der Waals surface area contributed by atoms with E-state index in [9.17, 15) is 14.4 Å². The summed E-state index contributed by atoms with van der Waals surface area (Å²) >= 11 is 0. The summed E-state index contributed by atoms with van der Waals surface area (Å²) in [5.74, 6) is -0.709. The van der Waals surface area contributed by atoms with Gasteiger partial charge in [-0.25, -0.2) is 0 Å². The molecule has 1 unspecified atom stereocenters. The maximum atomic E-state index is 12.1. The second-order valence-electron chi connectivity index (χ2n) is 5.11. The Morgan fingerprint density at radius 3 is 2.90 bits per heavy atom. The highest BCUT2D eigenvalue weighted by atomic mass is 16.2. The van der Waals surface area contributed by atoms with Crippen molar-refractivity contribution >= 4 is 17.7 Å². The number of hydrogen-bond donors (Lipinski definition) is 2. The molecular formula is C15H19N3O3. The molecule has 1 aromatic rings. The lowest BCUT2D eigenvalue weighted by Crippen LogP contribution is -2.57. The van der Waals surface area contributed by atoms with Crippen LogP contribution in [0.25, 0.3) is 0 Å². The van der Waals surface area contributed by atoms with Gasteiger partial charge in [-0.1, -0.05) is 17.7 Å². The number of benzene rings is 1. The van der Waals surface area contributed by atoms with Crippen molar-refractivity contribution in [2.24, 2.45) is 0 Å². The molecule has 1 saturated heterocycles. The molecule has 3 amide bonds. The van der Waals surface area contributed by atoms with Crippen molar-refractivity contribution in [1.82, 2.24) is 15.5 Å². The first-order valence-corrected chi connectivity index (χ1v) is 6.91. The first kappa shape index (κ1) is 15.0. The summed E-state index contributed by atoms with van der Waals surface area (Å²) in [7, 11) is 0. The fraction of sp³-hybridized carbons (Fsp3) is 0.400. The van der Waals surface area contributed by atoms with Crippen LogP contribution in [0.4, 0.5) is 0 Å². The topological polar surface area (TPSA) is 78.5 Å². The highest BCUT2D eigenvalue weighted by Crippen LogP contribution is 2.05. The van der Waals surface area contributed by atoms with Crippen molar-refractivity contribution in [3.05, 3.63) is 35.4 Å². The fourth-order valence-corrected chi connectivity index (χ4v) is 2.27. The molecule has 21 heavy (non-hydrogen) atoms. The van der Waals surface area contributed by atoms with Crippen LogP contribution in [0, 0.1) is 6.92 Å². The number of aryl methyl sites for hydroxylation is 1. The zero-order valence-corrected chi connectivity index (χ0v) is 12.2. The van der Waals surface area contributed by atoms with Crippen LogP contribution >= 0.6 is 0 Å². The predicted octanol–water partition coefficient (Wildman–Crippen LogP) is 0.0717. The first-order chi connectivity index (χ1) is 9.99. The maximum Gasteiger partial charge on any atom is 0.251 e. The molecule has 0 spiro atoms. The minimum atomic E-state index is -0.498. The molecule has 1 heterocycles. The van der Waals surface area contributed by atoms with Gasteiger partial charge in [0, 0.05) is 18.7 Å². The van der Waals surface area contributed by atoms with E-state index in [1.165, 1.54) is 4.90 Å². The van der Waals surface area contributed by atoms with Gasteiger partial charge in [0.1, 0.15) is 6.04 Å². The average molecular weight is 289 g/mol. The van der Waals surface area contributed by atoms with Gasteiger partial charge in [0.25, 0.3) is 5.91 Å². The summed E-state index contributed by atoms with van der Waals surface area (Å²) in [5.41, 5.74) is 1.50. The first-order valence-electron chi connectivity index (χ1n) is 6.91. The number of nitrogens with one attached hydrogen (secondary N) is 2. The van der Waals surface area contributed by atoms with Crippen LogP contribution in [-0.4, -0.2) is 48.3 Å². The zero-order valence-electron chi connectivity index (χ0n) is 12.2. The quantitative estimate of drug-likeness (QED) is 0.826. The molecule has 1 aliphatic rings. The Kier molecular flexibility index (Phi) is 4.57. The van der Waals surface area contributed by atoms with Gasteiger partial charge in [-0.2, -0.15) is 0 Å². The molecule has 112 valence electrons. The van der Waals surface area contributed by atoms with Gasteiger partial charge in [-0.15, -0.1) is 0 Å². The molecule has 1 aliphatic heterocycles. The lowest BCUT2D eigenvalue weighted by Gasteiger charge is -2.32. The summed E-state index contributed by atoms with van der Waals surface area (Å²) in [6.45, 7) is 4.38. The van der Waals surface area contributed by atoms with Crippen molar-refractivity contribution in [1.29, 1.82) is 0 Å². The van der Waals surface area contributed by atoms with Crippen LogP contribution in [0.1, 0.15) is 22.8 Å². The van der Waals surface area contributed by atoms with E-state index in [4.69, 9.17) is 0 Å². The van der Waals surface area contributed by atoms with E-state index in [-0.39, 0.29) is 24.3 Å². The Balaban J connectivity index is 1.92. The normalized spacial score (nSPS) is 18.1. The highest BCUT2D eigenvalue weighted by Gasteiger charge is 2.29. The third-order valence-electron chi connectivity index (χ3n) is 3.50. The molecule has 0 aromatic heterocycles. The molecular weight excluding hydrogens is 270 g/mol. The van der Waals surface area contributed by atoms with Crippen LogP contribution in [0.3, 0.4) is 0 Å². The highest BCUT2D eigenvalue weighted by molar-refractivity contribution is 5.97. The minimum Gasteiger partial charge on any atom is -0.353 e. The standard InChI is InChI=1S/C15H19N3O3/c1-10-4-3-5-12(8-10)15(21)17-9-13(19)18-7-6-16-14(20)11(18)2/h3-5,8,11H,6-7,9H2,1-2H3,(H,16,20)(H,17,21). The molecule has 1 aromatic carbocycles. The monoisotopic (exact) mass is 289 g/mol. The van der Waals surface area contributed by atoms with Crippen LogP contribution in [0.15, 0.2) is 24.3 Å². The van der Waals surface area contributed by atoms with E-state index in [2.05, 4.69) is 10.6 Å². The van der Waals surface area contributed by atoms with E-state index >= 15 is 0 Å². The van der Waals surface area contributed by atoms with Gasteiger partial charge in [0.05, 0.1) is 6.54 Å². The molecule has 1 atom stereocenters. The molecule has 6 heteroatoms. The number of nitrogens with zero attached hydrogens (tertiary/aromatic N) is 1. The van der Waals surface area contributed by atoms with E-state index in [1.807, 2.05) is 13.0 Å². The van der Waals surface area contributed by atoms with Gasteiger partial charge in [0.15, 0.2) is 0 Å². The van der Waals surface area contributed by atoms with Crippen molar-refractivity contribution < 1.29 is 14.4 Å². The van der Waals surface area contributed by atoms with Crippen LogP contribution in [0.5, 0.6) is 0 Å². The smallest absolute Gasteiger partial charge is 0.251 e. The van der Waals surface area contributed by atoms with E-state index in [0.29, 0.717) is 18.7 Å². The summed E-state index contributed by atoms with van der Waals surface area (Å²) in [5, 5.41) is 5.29. The van der Waals surface area contributed by atoms with Crippen LogP contribution < -0.4 is 10.6 Å². The largest absolute Gasteiger partial charge is 0.353 e. The lowest BCUT2D eigenvalue weighted by molar-refractivity contribution is -0.141. The summed E-state index contributed by atoms with van der Waals surface area (Å²) in [6, 6.07) is 6.65. The summed E-state index contributed by atoms with van der Waals surface area (Å²) in [4.78, 5) is 37.1. The average Bonchev–Trinajstić information content (AvgIpc) is 2.47. The molecule has 1 fully saturated rings. The second kappa shape index (κ2) is 6.39. The molecule has 2 N–H and O–H groups in total. The third kappa shape index (κ3) is 3.59. The molecule has 2 rings (SSSR count). The molecule has 0 aliphatic carbocycles. The Labute approximate surface area is 123 Å². The van der Waals surface area contributed by atoms with Crippen molar-refractivity contribution in [3.8, 4) is 0 Å². The second-order valence-corrected chi connectivity index (χ2v) is 5.11. The Morgan fingerprint density at radius 1 is 1.43 bits per heavy atom. The predicted molar refractivity (Wildman–Crippen MR) is 77.7 cm³/mol. The SMILES string of the molecule is Cc1cccc(C(=O)NCC(=O)N2CCNC(=O)C2C)c1. The fourth-order valence-electron chi connectivity index (χ4n) is 2.27. The number of amides is 3. The number of carbonyl (C=O) groups excluding carboxylic acids is 3. The number of rotatable bonds is 3. The van der Waals surface area contributed by atoms with Gasteiger partial charge in [0.2, 0.25) is 11.8 Å². The van der Waals surface area contributed by atoms with Gasteiger partial charge in [-0.3, -0.25) is 14.4 Å². The molecule has 0 bridgehead atoms. The molecule has 0 radical (unpaired) electrons. The maximum absolute atomic E-state index is 12.1. The third-order valence-corrected chi connectivity index (χ3v) is 3.50. The van der Waals surface area contributed by atoms with Crippen LogP contribution in [0.2, 0.25) is 0 Å². The summed E-state index contributed by atoms with van der Waals surface area (Å²) in [6.07, 6.45) is 0. The lowest BCUT2D eigenvalue weighted by atomic mass is 10.1. The number of carbonyl (C=O) groups is 3. The number of hydrogen-bond acceptors (Lipinski definition) is 3. The Bertz CT molecular complexity index is 571. The van der Waals surface area contributed by atoms with E-state index in [0.717, 1.165) is 5.56 Å². The molecule has 0 saturated carbocycles. The van der Waals surface area contributed by atoms with Gasteiger partial charge >= 0.3 is 0 Å². The summed E-state index contributed by atoms with van der Waals surface area (Å²) < 4.78 is 0. The Hall–Kier alpha value is -2.37. The van der Waals surface area contributed by atoms with E-state index < -0.39 is 6.04 Å². The van der Waals surface area contributed by atoms with Crippen molar-refractivity contribution in [2.75, 3.05) is 19.6 Å². The van der Waals surface area contributed by atoms with Crippen LogP contribution in [-0.2, 0) is 9.59 Å². The Morgan fingerprint density at radius 2 is 2.19 bits per heavy atom. The van der Waals surface area contributed by atoms with E-state index in [1.54, 1.807) is 25.1 Å². The van der Waals surface area contributed by atoms with Gasteiger partial charge < -0.3 is 15.5 Å². The van der Waals surface area contributed by atoms with Gasteiger partial charge in [-0.05, 0) is 26.0 Å². The molecule has 6 nitrogen and oxygen atoms in total. The van der Waals surface area contributed by atoms with Crippen molar-refractivity contribution in [2.45, 2.75) is 19.9 Å². The zero-order chi connectivity index (χ0) is 15.4.